The first-order valence-corrected chi connectivity index (χ1v) is 13.8. The van der Waals surface area contributed by atoms with Crippen LogP contribution in [0, 0.1) is 11.3 Å². The molecule has 1 aromatic heterocycles. The average Bonchev–Trinajstić information content (AvgIpc) is 3.45. The van der Waals surface area contributed by atoms with Crippen LogP contribution in [0.3, 0.4) is 0 Å². The Hall–Kier alpha value is -5.80. The van der Waals surface area contributed by atoms with Crippen LogP contribution < -0.4 is 14.2 Å². The Morgan fingerprint density at radius 2 is 1.42 bits per heavy atom. The van der Waals surface area contributed by atoms with E-state index in [1.165, 1.54) is 10.8 Å². The summed E-state index contributed by atoms with van der Waals surface area (Å²) in [5.41, 5.74) is 4.55. The van der Waals surface area contributed by atoms with Gasteiger partial charge in [-0.2, -0.15) is 5.26 Å². The zero-order chi connectivity index (χ0) is 29.6. The number of fused-ring (bicyclic) bond motifs is 1. The van der Waals surface area contributed by atoms with Crippen molar-refractivity contribution in [1.29, 1.82) is 5.26 Å². The highest BCUT2D eigenvalue weighted by molar-refractivity contribution is 5.90. The fourth-order valence-corrected chi connectivity index (χ4v) is 4.99. The lowest BCUT2D eigenvalue weighted by molar-refractivity contribution is 0.307. The molecule has 0 unspecified atom stereocenters. The van der Waals surface area contributed by atoms with Gasteiger partial charge in [0.2, 0.25) is 5.88 Å². The predicted molar refractivity (Wildman–Crippen MR) is 169 cm³/mol. The molecule has 0 amide bonds. The van der Waals surface area contributed by atoms with Crippen molar-refractivity contribution < 1.29 is 18.6 Å². The highest BCUT2D eigenvalue weighted by atomic mass is 16.5. The van der Waals surface area contributed by atoms with Crippen LogP contribution in [0.15, 0.2) is 125 Å². The number of ether oxygens (including phenoxy) is 3. The zero-order valence-electron chi connectivity index (χ0n) is 23.8. The molecule has 1 heterocycles. The Morgan fingerprint density at radius 3 is 2.14 bits per heavy atom. The summed E-state index contributed by atoms with van der Waals surface area (Å²) in [6.07, 6.45) is 1.68. The van der Waals surface area contributed by atoms with Gasteiger partial charge in [-0.15, -0.1) is 0 Å². The molecule has 6 nitrogen and oxygen atoms in total. The molecule has 6 rings (SSSR count). The number of furan rings is 1. The number of nitriles is 1. The fourth-order valence-electron chi connectivity index (χ4n) is 4.99. The van der Waals surface area contributed by atoms with Crippen LogP contribution in [0.5, 0.6) is 17.2 Å². The number of hydrogen-bond donors (Lipinski definition) is 0. The molecule has 0 saturated heterocycles. The minimum absolute atomic E-state index is 0.223. The topological polar surface area (TPSA) is 77.0 Å². The summed E-state index contributed by atoms with van der Waals surface area (Å²) in [6, 6.07) is 39.5. The molecular weight excluding hydrogens is 536 g/mol. The van der Waals surface area contributed by atoms with Gasteiger partial charge in [-0.05, 0) is 76.0 Å². The van der Waals surface area contributed by atoms with Crippen LogP contribution in [-0.2, 0) is 6.61 Å². The SMILES string of the molecule is COc1ccc(-c2oc(/N=C/c3cccc(OCc4cccc5ccccc45)c3)c(C#N)c2-c2ccc(OC)cc2)cc1. The molecule has 0 aliphatic heterocycles. The molecule has 5 aromatic carbocycles. The van der Waals surface area contributed by atoms with Gasteiger partial charge in [0.15, 0.2) is 0 Å². The fraction of sp³-hybridized carbons (Fsp3) is 0.0811. The summed E-state index contributed by atoms with van der Waals surface area (Å²) >= 11 is 0. The molecule has 0 aliphatic rings. The van der Waals surface area contributed by atoms with Crippen molar-refractivity contribution in [3.05, 3.63) is 132 Å². The molecule has 0 aliphatic carbocycles. The van der Waals surface area contributed by atoms with Gasteiger partial charge in [-0.3, -0.25) is 0 Å². The second-order valence-electron chi connectivity index (χ2n) is 9.81. The molecule has 0 fully saturated rings. The highest BCUT2D eigenvalue weighted by Crippen LogP contribution is 2.43. The van der Waals surface area contributed by atoms with Gasteiger partial charge >= 0.3 is 0 Å². The van der Waals surface area contributed by atoms with E-state index in [0.29, 0.717) is 23.5 Å². The third-order valence-corrected chi connectivity index (χ3v) is 7.20. The summed E-state index contributed by atoms with van der Waals surface area (Å²) < 4.78 is 23.1. The molecule has 0 spiro atoms. The molecule has 0 saturated carbocycles. The van der Waals surface area contributed by atoms with Crippen LogP contribution in [0.4, 0.5) is 5.88 Å². The maximum absolute atomic E-state index is 10.2. The quantitative estimate of drug-likeness (QED) is 0.164. The predicted octanol–water partition coefficient (Wildman–Crippen LogP) is 8.99. The van der Waals surface area contributed by atoms with E-state index in [9.17, 15) is 5.26 Å². The molecule has 0 bridgehead atoms. The number of rotatable bonds is 9. The van der Waals surface area contributed by atoms with Gasteiger partial charge in [0, 0.05) is 17.3 Å². The molecule has 0 radical (unpaired) electrons. The van der Waals surface area contributed by atoms with Gasteiger partial charge in [0.1, 0.15) is 41.2 Å². The molecule has 0 N–H and O–H groups in total. The molecule has 6 heteroatoms. The van der Waals surface area contributed by atoms with Crippen LogP contribution in [-0.4, -0.2) is 20.4 Å². The van der Waals surface area contributed by atoms with Crippen LogP contribution in [0.25, 0.3) is 33.2 Å². The van der Waals surface area contributed by atoms with E-state index in [1.54, 1.807) is 20.4 Å². The maximum Gasteiger partial charge on any atom is 0.238 e. The summed E-state index contributed by atoms with van der Waals surface area (Å²) in [5, 5.41) is 12.6. The molecule has 43 heavy (non-hydrogen) atoms. The number of methoxy groups -OCH3 is 2. The minimum Gasteiger partial charge on any atom is -0.497 e. The van der Waals surface area contributed by atoms with E-state index in [0.717, 1.165) is 39.5 Å². The van der Waals surface area contributed by atoms with E-state index in [-0.39, 0.29) is 5.88 Å². The second-order valence-corrected chi connectivity index (χ2v) is 9.81. The average molecular weight is 565 g/mol. The van der Waals surface area contributed by atoms with E-state index >= 15 is 0 Å². The Kier molecular flexibility index (Phi) is 7.88. The second kappa shape index (κ2) is 12.4. The monoisotopic (exact) mass is 564 g/mol. The van der Waals surface area contributed by atoms with E-state index in [2.05, 4.69) is 35.3 Å². The lowest BCUT2D eigenvalue weighted by Crippen LogP contribution is -1.97. The van der Waals surface area contributed by atoms with Crippen molar-refractivity contribution in [2.24, 2.45) is 4.99 Å². The van der Waals surface area contributed by atoms with E-state index in [4.69, 9.17) is 18.6 Å². The summed E-state index contributed by atoms with van der Waals surface area (Å²) in [7, 11) is 3.24. The van der Waals surface area contributed by atoms with Gasteiger partial charge < -0.3 is 18.6 Å². The summed E-state index contributed by atoms with van der Waals surface area (Å²) in [5.74, 6) is 2.93. The largest absolute Gasteiger partial charge is 0.497 e. The zero-order valence-corrected chi connectivity index (χ0v) is 23.8. The first-order valence-electron chi connectivity index (χ1n) is 13.8. The van der Waals surface area contributed by atoms with Crippen molar-refractivity contribution >= 4 is 22.9 Å². The van der Waals surface area contributed by atoms with E-state index < -0.39 is 0 Å². The molecule has 6 aromatic rings. The Morgan fingerprint density at radius 1 is 0.744 bits per heavy atom. The molecule has 0 atom stereocenters. The Labute approximate surface area is 250 Å². The van der Waals surface area contributed by atoms with E-state index in [1.807, 2.05) is 91.0 Å². The molecule has 210 valence electrons. The molecular formula is C37H28N2O4. The van der Waals surface area contributed by atoms with Crippen molar-refractivity contribution in [2.45, 2.75) is 6.61 Å². The first kappa shape index (κ1) is 27.4. The van der Waals surface area contributed by atoms with Gasteiger partial charge in [-0.25, -0.2) is 4.99 Å². The van der Waals surface area contributed by atoms with Crippen molar-refractivity contribution in [2.75, 3.05) is 14.2 Å². The van der Waals surface area contributed by atoms with Gasteiger partial charge in [-0.1, -0.05) is 66.7 Å². The first-order chi connectivity index (χ1) is 21.2. The number of aliphatic imine (C=N–C) groups is 1. The van der Waals surface area contributed by atoms with Gasteiger partial charge in [0.05, 0.1) is 14.2 Å². The number of hydrogen-bond acceptors (Lipinski definition) is 6. The third kappa shape index (κ3) is 5.83. The number of nitrogens with zero attached hydrogens (tertiary/aromatic N) is 2. The highest BCUT2D eigenvalue weighted by Gasteiger charge is 2.23. The normalized spacial score (nSPS) is 11.0. The standard InChI is InChI=1S/C37H28N2O4/c1-40-30-17-13-27(14-18-30)35-34(22-38)37(43-36(35)28-15-19-31(41-2)20-16-28)39-23-25-7-5-11-32(21-25)42-24-29-10-6-9-26-8-3-4-12-33(26)29/h3-21,23H,24H2,1-2H3/b39-23+. The van der Waals surface area contributed by atoms with Crippen molar-refractivity contribution in [1.82, 2.24) is 0 Å². The Balaban J connectivity index is 1.31. The Bertz CT molecular complexity index is 1940. The van der Waals surface area contributed by atoms with Crippen LogP contribution in [0.2, 0.25) is 0 Å². The van der Waals surface area contributed by atoms with Crippen LogP contribution in [0.1, 0.15) is 16.7 Å². The lowest BCUT2D eigenvalue weighted by Gasteiger charge is -2.09. The minimum atomic E-state index is 0.223. The smallest absolute Gasteiger partial charge is 0.238 e. The number of benzene rings is 5. The van der Waals surface area contributed by atoms with Gasteiger partial charge in [0.25, 0.3) is 0 Å². The van der Waals surface area contributed by atoms with Crippen molar-refractivity contribution in [3.8, 4) is 45.8 Å². The third-order valence-electron chi connectivity index (χ3n) is 7.20. The summed E-state index contributed by atoms with van der Waals surface area (Å²) in [6.45, 7) is 0.440. The van der Waals surface area contributed by atoms with Crippen LogP contribution >= 0.6 is 0 Å². The maximum atomic E-state index is 10.2. The lowest BCUT2D eigenvalue weighted by atomic mass is 9.98. The van der Waals surface area contributed by atoms with Crippen molar-refractivity contribution in [3.63, 3.8) is 0 Å². The summed E-state index contributed by atoms with van der Waals surface area (Å²) in [4.78, 5) is 4.63.